The quantitative estimate of drug-likeness (QED) is 0.801. The molecule has 1 N–H and O–H groups in total. The predicted octanol–water partition coefficient (Wildman–Crippen LogP) is 3.76. The lowest BCUT2D eigenvalue weighted by Gasteiger charge is -2.19. The van der Waals surface area contributed by atoms with Gasteiger partial charge in [0.15, 0.2) is 0 Å². The van der Waals surface area contributed by atoms with Crippen molar-refractivity contribution in [3.63, 3.8) is 0 Å². The summed E-state index contributed by atoms with van der Waals surface area (Å²) in [6.45, 7) is 3.23. The van der Waals surface area contributed by atoms with E-state index in [1.54, 1.807) is 7.11 Å². The molecule has 0 saturated carbocycles. The Morgan fingerprint density at radius 3 is 2.62 bits per heavy atom. The third kappa shape index (κ3) is 4.87. The van der Waals surface area contributed by atoms with Gasteiger partial charge in [0, 0.05) is 18.4 Å². The van der Waals surface area contributed by atoms with Crippen LogP contribution in [0.3, 0.4) is 0 Å². The van der Waals surface area contributed by atoms with Crippen molar-refractivity contribution in [1.29, 1.82) is 0 Å². The van der Waals surface area contributed by atoms with Crippen LogP contribution in [0.5, 0.6) is 5.75 Å². The summed E-state index contributed by atoms with van der Waals surface area (Å²) < 4.78 is 5.23. The Labute approximate surface area is 127 Å². The van der Waals surface area contributed by atoms with Gasteiger partial charge in [-0.3, -0.25) is 4.98 Å². The molecule has 0 amide bonds. The molecule has 0 aliphatic heterocycles. The molecule has 0 aliphatic carbocycles. The molecular weight excluding hydrogens is 260 g/mol. The molecule has 1 aromatic heterocycles. The van der Waals surface area contributed by atoms with E-state index < -0.39 is 0 Å². The van der Waals surface area contributed by atoms with Gasteiger partial charge in [0.1, 0.15) is 5.75 Å². The van der Waals surface area contributed by atoms with Crippen LogP contribution in [-0.2, 0) is 6.42 Å². The summed E-state index contributed by atoms with van der Waals surface area (Å²) in [5.41, 5.74) is 2.60. The van der Waals surface area contributed by atoms with E-state index in [-0.39, 0.29) is 0 Å². The van der Waals surface area contributed by atoms with Gasteiger partial charge in [-0.2, -0.15) is 0 Å². The van der Waals surface area contributed by atoms with Crippen molar-refractivity contribution < 1.29 is 4.74 Å². The average molecular weight is 284 g/mol. The molecule has 2 aromatic rings. The largest absolute Gasteiger partial charge is 0.497 e. The predicted molar refractivity (Wildman–Crippen MR) is 86.6 cm³/mol. The fourth-order valence-corrected chi connectivity index (χ4v) is 2.40. The molecule has 112 valence electrons. The standard InChI is InChI=1S/C18H24N2O/c1-3-12-20-18(11-6-15-5-4-13-19-14-15)16-7-9-17(21-2)10-8-16/h4-5,7-10,13-14,18,20H,3,6,11-12H2,1-2H3. The Morgan fingerprint density at radius 1 is 1.19 bits per heavy atom. The molecule has 1 atom stereocenters. The Morgan fingerprint density at radius 2 is 2.00 bits per heavy atom. The van der Waals surface area contributed by atoms with Crippen molar-refractivity contribution in [3.8, 4) is 5.75 Å². The topological polar surface area (TPSA) is 34.2 Å². The van der Waals surface area contributed by atoms with E-state index >= 15 is 0 Å². The van der Waals surface area contributed by atoms with Crippen molar-refractivity contribution in [3.05, 3.63) is 59.9 Å². The third-order valence-electron chi connectivity index (χ3n) is 3.60. The second-order valence-electron chi connectivity index (χ2n) is 5.18. The number of aryl methyl sites for hydroxylation is 1. The number of pyridine rings is 1. The Balaban J connectivity index is 2.02. The van der Waals surface area contributed by atoms with Crippen molar-refractivity contribution >= 4 is 0 Å². The molecule has 3 nitrogen and oxygen atoms in total. The maximum atomic E-state index is 5.23. The summed E-state index contributed by atoms with van der Waals surface area (Å²) in [5.74, 6) is 0.903. The first-order chi connectivity index (χ1) is 10.3. The minimum Gasteiger partial charge on any atom is -0.497 e. The van der Waals surface area contributed by atoms with Crippen molar-refractivity contribution in [2.45, 2.75) is 32.2 Å². The molecule has 1 heterocycles. The molecular formula is C18H24N2O. The fraction of sp³-hybridized carbons (Fsp3) is 0.389. The molecule has 0 radical (unpaired) electrons. The molecule has 0 bridgehead atoms. The average Bonchev–Trinajstić information content (AvgIpc) is 2.56. The Kier molecular flexibility index (Phi) is 6.22. The highest BCUT2D eigenvalue weighted by molar-refractivity contribution is 5.29. The second-order valence-corrected chi connectivity index (χ2v) is 5.18. The zero-order valence-electron chi connectivity index (χ0n) is 12.9. The van der Waals surface area contributed by atoms with Crippen LogP contribution < -0.4 is 10.1 Å². The van der Waals surface area contributed by atoms with Gasteiger partial charge in [0.05, 0.1) is 7.11 Å². The van der Waals surface area contributed by atoms with Gasteiger partial charge < -0.3 is 10.1 Å². The van der Waals surface area contributed by atoms with Crippen molar-refractivity contribution in [2.75, 3.05) is 13.7 Å². The first-order valence-corrected chi connectivity index (χ1v) is 7.59. The van der Waals surface area contributed by atoms with Crippen LogP contribution in [0.15, 0.2) is 48.8 Å². The summed E-state index contributed by atoms with van der Waals surface area (Å²) in [6, 6.07) is 12.9. The Bertz CT molecular complexity index is 511. The number of nitrogens with zero attached hydrogens (tertiary/aromatic N) is 1. The molecule has 1 aromatic carbocycles. The highest BCUT2D eigenvalue weighted by Crippen LogP contribution is 2.22. The zero-order chi connectivity index (χ0) is 14.9. The first-order valence-electron chi connectivity index (χ1n) is 7.59. The van der Waals surface area contributed by atoms with Crippen LogP contribution in [-0.4, -0.2) is 18.6 Å². The number of methoxy groups -OCH3 is 1. The monoisotopic (exact) mass is 284 g/mol. The van der Waals surface area contributed by atoms with E-state index in [0.29, 0.717) is 6.04 Å². The van der Waals surface area contributed by atoms with Gasteiger partial charge in [-0.05, 0) is 55.1 Å². The Hall–Kier alpha value is -1.87. The number of aromatic nitrogens is 1. The lowest BCUT2D eigenvalue weighted by atomic mass is 9.99. The van der Waals surface area contributed by atoms with E-state index in [4.69, 9.17) is 4.74 Å². The highest BCUT2D eigenvalue weighted by Gasteiger charge is 2.11. The SMILES string of the molecule is CCCNC(CCc1cccnc1)c1ccc(OC)cc1. The summed E-state index contributed by atoms with van der Waals surface area (Å²) in [6.07, 6.45) is 7.00. The van der Waals surface area contributed by atoms with Crippen LogP contribution in [0.2, 0.25) is 0 Å². The van der Waals surface area contributed by atoms with Crippen LogP contribution in [0.4, 0.5) is 0 Å². The molecule has 2 rings (SSSR count). The normalized spacial score (nSPS) is 12.1. The van der Waals surface area contributed by atoms with E-state index in [1.165, 1.54) is 11.1 Å². The van der Waals surface area contributed by atoms with Gasteiger partial charge in [0.2, 0.25) is 0 Å². The smallest absolute Gasteiger partial charge is 0.118 e. The number of hydrogen-bond acceptors (Lipinski definition) is 3. The lowest BCUT2D eigenvalue weighted by molar-refractivity contribution is 0.414. The number of ether oxygens (including phenoxy) is 1. The molecule has 1 unspecified atom stereocenters. The van der Waals surface area contributed by atoms with E-state index in [0.717, 1.165) is 31.6 Å². The number of rotatable bonds is 8. The van der Waals surface area contributed by atoms with Crippen LogP contribution >= 0.6 is 0 Å². The van der Waals surface area contributed by atoms with Crippen molar-refractivity contribution in [2.24, 2.45) is 0 Å². The van der Waals surface area contributed by atoms with Crippen LogP contribution in [0.1, 0.15) is 36.9 Å². The van der Waals surface area contributed by atoms with Crippen molar-refractivity contribution in [1.82, 2.24) is 10.3 Å². The summed E-state index contributed by atoms with van der Waals surface area (Å²) in [7, 11) is 1.70. The number of benzene rings is 1. The molecule has 0 spiro atoms. The minimum absolute atomic E-state index is 0.371. The first kappa shape index (κ1) is 15.5. The highest BCUT2D eigenvalue weighted by atomic mass is 16.5. The second kappa shape index (κ2) is 8.42. The summed E-state index contributed by atoms with van der Waals surface area (Å²) >= 11 is 0. The molecule has 0 saturated heterocycles. The molecule has 21 heavy (non-hydrogen) atoms. The zero-order valence-corrected chi connectivity index (χ0v) is 12.9. The molecule has 0 fully saturated rings. The van der Waals surface area contributed by atoms with Gasteiger partial charge in [-0.1, -0.05) is 25.1 Å². The lowest BCUT2D eigenvalue weighted by Crippen LogP contribution is -2.22. The maximum absolute atomic E-state index is 5.23. The summed E-state index contributed by atoms with van der Waals surface area (Å²) in [4.78, 5) is 4.18. The minimum atomic E-state index is 0.371. The molecule has 3 heteroatoms. The van der Waals surface area contributed by atoms with E-state index in [9.17, 15) is 0 Å². The van der Waals surface area contributed by atoms with Gasteiger partial charge in [-0.15, -0.1) is 0 Å². The van der Waals surface area contributed by atoms with Crippen LogP contribution in [0, 0.1) is 0 Å². The number of hydrogen-bond donors (Lipinski definition) is 1. The van der Waals surface area contributed by atoms with Gasteiger partial charge >= 0.3 is 0 Å². The van der Waals surface area contributed by atoms with E-state index in [1.807, 2.05) is 30.6 Å². The maximum Gasteiger partial charge on any atom is 0.118 e. The number of nitrogens with one attached hydrogen (secondary N) is 1. The van der Waals surface area contributed by atoms with E-state index in [2.05, 4.69) is 35.4 Å². The third-order valence-corrected chi connectivity index (χ3v) is 3.60. The fourth-order valence-electron chi connectivity index (χ4n) is 2.40. The van der Waals surface area contributed by atoms with Gasteiger partial charge in [0.25, 0.3) is 0 Å². The molecule has 0 aliphatic rings. The van der Waals surface area contributed by atoms with Gasteiger partial charge in [-0.25, -0.2) is 0 Å². The van der Waals surface area contributed by atoms with Crippen LogP contribution in [0.25, 0.3) is 0 Å². The summed E-state index contributed by atoms with van der Waals surface area (Å²) in [5, 5.41) is 3.63.